The lowest BCUT2D eigenvalue weighted by atomic mass is 9.95. The third-order valence-electron chi connectivity index (χ3n) is 3.78. The minimum absolute atomic E-state index is 0.325. The minimum atomic E-state index is -0.845. The molecule has 0 radical (unpaired) electrons. The highest BCUT2D eigenvalue weighted by atomic mass is 16.7. The summed E-state index contributed by atoms with van der Waals surface area (Å²) in [5, 5.41) is 0. The molecule has 0 aromatic heterocycles. The van der Waals surface area contributed by atoms with E-state index in [0.29, 0.717) is 0 Å². The van der Waals surface area contributed by atoms with Gasteiger partial charge in [0.25, 0.3) is 0 Å². The van der Waals surface area contributed by atoms with Gasteiger partial charge in [-0.25, -0.2) is 4.79 Å². The molecule has 2 atom stereocenters. The fourth-order valence-electron chi connectivity index (χ4n) is 2.10. The summed E-state index contributed by atoms with van der Waals surface area (Å²) < 4.78 is 10.3. The fraction of sp³-hybridized carbons (Fsp3) is 0.588. The molecule has 0 saturated carbocycles. The highest BCUT2D eigenvalue weighted by molar-refractivity contribution is 5.84. The van der Waals surface area contributed by atoms with Gasteiger partial charge in [0.1, 0.15) is 5.60 Å². The summed E-state index contributed by atoms with van der Waals surface area (Å²) in [6.07, 6.45) is 10.3. The van der Waals surface area contributed by atoms with Gasteiger partial charge in [-0.1, -0.05) is 29.4 Å². The number of rotatable bonds is 6. The van der Waals surface area contributed by atoms with Crippen molar-refractivity contribution >= 4 is 5.97 Å². The average Bonchev–Trinajstić information content (AvgIpc) is 2.91. The number of carbonyl (C=O) groups is 1. The molecule has 1 saturated heterocycles. The molecule has 1 fully saturated rings. The van der Waals surface area contributed by atoms with E-state index in [1.807, 2.05) is 19.1 Å². The van der Waals surface area contributed by atoms with Gasteiger partial charge in [-0.2, -0.15) is 0 Å². The van der Waals surface area contributed by atoms with E-state index in [2.05, 4.69) is 32.9 Å². The van der Waals surface area contributed by atoms with Gasteiger partial charge in [0, 0.05) is 0 Å². The molecular formula is C17H26O3. The molecule has 0 N–H and O–H groups in total. The molecule has 1 heterocycles. The standard InChI is InChI=1S/C17H26O3/c1-13(2)9-7-10-14(3)11-8-12-16(4)17(5,20-16)15(18)19-6/h8-9,11-12H,7,10H2,1-6H3. The molecule has 1 rings (SSSR count). The van der Waals surface area contributed by atoms with Crippen LogP contribution in [0.5, 0.6) is 0 Å². The van der Waals surface area contributed by atoms with Crippen LogP contribution in [0.15, 0.2) is 35.5 Å². The molecule has 3 heteroatoms. The van der Waals surface area contributed by atoms with Gasteiger partial charge in [0.05, 0.1) is 7.11 Å². The number of hydrogen-bond acceptors (Lipinski definition) is 3. The molecule has 0 aliphatic carbocycles. The van der Waals surface area contributed by atoms with Crippen LogP contribution in [-0.4, -0.2) is 24.3 Å². The predicted octanol–water partition coefficient (Wildman–Crippen LogP) is 3.96. The smallest absolute Gasteiger partial charge is 0.341 e. The van der Waals surface area contributed by atoms with Gasteiger partial charge in [0.15, 0.2) is 5.60 Å². The van der Waals surface area contributed by atoms with Crippen LogP contribution in [-0.2, 0) is 14.3 Å². The van der Waals surface area contributed by atoms with Crippen LogP contribution in [0.4, 0.5) is 0 Å². The van der Waals surface area contributed by atoms with Crippen LogP contribution in [0.25, 0.3) is 0 Å². The maximum absolute atomic E-state index is 11.6. The zero-order chi connectivity index (χ0) is 15.4. The number of methoxy groups -OCH3 is 1. The number of carbonyl (C=O) groups excluding carboxylic acids is 1. The summed E-state index contributed by atoms with van der Waals surface area (Å²) in [6.45, 7) is 9.98. The van der Waals surface area contributed by atoms with Gasteiger partial charge in [-0.15, -0.1) is 0 Å². The van der Waals surface area contributed by atoms with Crippen molar-refractivity contribution in [1.82, 2.24) is 0 Å². The molecule has 1 aliphatic heterocycles. The van der Waals surface area contributed by atoms with Crippen LogP contribution < -0.4 is 0 Å². The largest absolute Gasteiger partial charge is 0.467 e. The number of ether oxygens (including phenoxy) is 2. The summed E-state index contributed by atoms with van der Waals surface area (Å²) in [7, 11) is 1.38. The maximum Gasteiger partial charge on any atom is 0.341 e. The number of allylic oxidation sites excluding steroid dienone is 5. The van der Waals surface area contributed by atoms with E-state index >= 15 is 0 Å². The Hall–Kier alpha value is -1.35. The summed E-state index contributed by atoms with van der Waals surface area (Å²) >= 11 is 0. The maximum atomic E-state index is 11.6. The zero-order valence-corrected chi connectivity index (χ0v) is 13.4. The lowest BCUT2D eigenvalue weighted by Crippen LogP contribution is -2.29. The first-order valence-corrected chi connectivity index (χ1v) is 7.02. The van der Waals surface area contributed by atoms with Gasteiger partial charge in [-0.3, -0.25) is 0 Å². The Morgan fingerprint density at radius 2 is 1.90 bits per heavy atom. The Kier molecular flexibility index (Phi) is 5.35. The van der Waals surface area contributed by atoms with Crippen molar-refractivity contribution in [3.63, 3.8) is 0 Å². The Morgan fingerprint density at radius 3 is 2.45 bits per heavy atom. The van der Waals surface area contributed by atoms with Gasteiger partial charge < -0.3 is 9.47 Å². The van der Waals surface area contributed by atoms with Crippen molar-refractivity contribution in [1.29, 1.82) is 0 Å². The first kappa shape index (κ1) is 16.7. The molecule has 0 bridgehead atoms. The van der Waals surface area contributed by atoms with Crippen molar-refractivity contribution in [2.24, 2.45) is 0 Å². The molecule has 0 aromatic carbocycles. The lowest BCUT2D eigenvalue weighted by Gasteiger charge is -2.06. The van der Waals surface area contributed by atoms with Gasteiger partial charge >= 0.3 is 5.97 Å². The Balaban J connectivity index is 2.53. The third-order valence-corrected chi connectivity index (χ3v) is 3.78. The second-order valence-electron chi connectivity index (χ2n) is 5.93. The van der Waals surface area contributed by atoms with E-state index < -0.39 is 11.2 Å². The zero-order valence-electron chi connectivity index (χ0n) is 13.4. The molecule has 0 amide bonds. The van der Waals surface area contributed by atoms with Gasteiger partial charge in [-0.05, 0) is 53.5 Å². The predicted molar refractivity (Wildman–Crippen MR) is 81.5 cm³/mol. The van der Waals surface area contributed by atoms with Gasteiger partial charge in [0.2, 0.25) is 0 Å². The Bertz CT molecular complexity index is 455. The normalized spacial score (nSPS) is 29.4. The minimum Gasteiger partial charge on any atom is -0.467 e. The lowest BCUT2D eigenvalue weighted by molar-refractivity contribution is -0.146. The van der Waals surface area contributed by atoms with E-state index in [1.54, 1.807) is 6.92 Å². The second-order valence-corrected chi connectivity index (χ2v) is 5.93. The summed E-state index contributed by atoms with van der Waals surface area (Å²) in [5.41, 5.74) is 1.25. The average molecular weight is 278 g/mol. The van der Waals surface area contributed by atoms with Crippen LogP contribution in [0.3, 0.4) is 0 Å². The topological polar surface area (TPSA) is 38.8 Å². The van der Waals surface area contributed by atoms with E-state index in [9.17, 15) is 4.79 Å². The second kappa shape index (κ2) is 6.40. The van der Waals surface area contributed by atoms with E-state index in [1.165, 1.54) is 18.3 Å². The molecule has 112 valence electrons. The third kappa shape index (κ3) is 3.83. The molecule has 0 aromatic rings. The Morgan fingerprint density at radius 1 is 1.25 bits per heavy atom. The highest BCUT2D eigenvalue weighted by Gasteiger charge is 2.68. The van der Waals surface area contributed by atoms with Crippen molar-refractivity contribution in [2.75, 3.05) is 7.11 Å². The molecule has 1 aliphatic rings. The van der Waals surface area contributed by atoms with Crippen LogP contribution >= 0.6 is 0 Å². The van der Waals surface area contributed by atoms with Crippen molar-refractivity contribution in [3.8, 4) is 0 Å². The first-order chi connectivity index (χ1) is 9.25. The van der Waals surface area contributed by atoms with Crippen molar-refractivity contribution in [3.05, 3.63) is 35.5 Å². The van der Waals surface area contributed by atoms with E-state index in [-0.39, 0.29) is 5.97 Å². The van der Waals surface area contributed by atoms with E-state index in [4.69, 9.17) is 9.47 Å². The van der Waals surface area contributed by atoms with Crippen LogP contribution in [0.2, 0.25) is 0 Å². The summed E-state index contributed by atoms with van der Waals surface area (Å²) in [4.78, 5) is 11.6. The molecule has 20 heavy (non-hydrogen) atoms. The van der Waals surface area contributed by atoms with E-state index in [0.717, 1.165) is 12.8 Å². The number of esters is 1. The SMILES string of the molecule is COC(=O)C1(C)OC1(C)C=CC=C(C)CCC=C(C)C. The fourth-order valence-corrected chi connectivity index (χ4v) is 2.10. The van der Waals surface area contributed by atoms with Crippen LogP contribution in [0.1, 0.15) is 47.5 Å². The summed E-state index contributed by atoms with van der Waals surface area (Å²) in [6, 6.07) is 0. The Labute approximate surface area is 122 Å². The number of epoxide rings is 1. The van der Waals surface area contributed by atoms with Crippen molar-refractivity contribution < 1.29 is 14.3 Å². The summed E-state index contributed by atoms with van der Waals surface area (Å²) in [5.74, 6) is -0.325. The van der Waals surface area contributed by atoms with Crippen LogP contribution in [0, 0.1) is 0 Å². The highest BCUT2D eigenvalue weighted by Crippen LogP contribution is 2.49. The number of hydrogen-bond donors (Lipinski definition) is 0. The molecular weight excluding hydrogens is 252 g/mol. The monoisotopic (exact) mass is 278 g/mol. The van der Waals surface area contributed by atoms with Crippen molar-refractivity contribution in [2.45, 2.75) is 58.7 Å². The first-order valence-electron chi connectivity index (χ1n) is 7.02. The molecule has 3 nitrogen and oxygen atoms in total. The molecule has 0 spiro atoms. The molecule has 2 unspecified atom stereocenters. The quantitative estimate of drug-likeness (QED) is 0.319.